The Balaban J connectivity index is 0.00000106. The van der Waals surface area contributed by atoms with Crippen molar-refractivity contribution in [2.45, 2.75) is 27.1 Å². The van der Waals surface area contributed by atoms with E-state index in [1.54, 1.807) is 30.3 Å². The van der Waals surface area contributed by atoms with Crippen molar-refractivity contribution in [2.75, 3.05) is 0 Å². The van der Waals surface area contributed by atoms with Crippen LogP contribution in [0.15, 0.2) is 36.4 Å². The van der Waals surface area contributed by atoms with Crippen molar-refractivity contribution in [2.24, 2.45) is 0 Å². The Hall–Kier alpha value is -2.09. The Morgan fingerprint density at radius 3 is 2.71 bits per heavy atom. The molecule has 0 aliphatic rings. The number of rotatable bonds is 4. The number of hydrogen-bond acceptors (Lipinski definition) is 4. The molecule has 4 nitrogen and oxygen atoms in total. The summed E-state index contributed by atoms with van der Waals surface area (Å²) in [4.78, 5) is 4.02. The molecule has 110 valence electrons. The van der Waals surface area contributed by atoms with Crippen LogP contribution in [0.5, 0.6) is 5.88 Å². The molecule has 0 bridgehead atoms. The smallest absolute Gasteiger partial charge is 0.220 e. The minimum atomic E-state index is -0.169. The normalized spacial score (nSPS) is 9.29. The van der Waals surface area contributed by atoms with Crippen LogP contribution in [0.4, 0.5) is 0 Å². The van der Waals surface area contributed by atoms with Gasteiger partial charge in [0, 0.05) is 5.56 Å². The number of aliphatic hydroxyl groups excluding tert-OH is 1. The predicted octanol–water partition coefficient (Wildman–Crippen LogP) is 3.70. The van der Waals surface area contributed by atoms with Crippen molar-refractivity contribution in [3.05, 3.63) is 58.2 Å². The van der Waals surface area contributed by atoms with E-state index in [0.717, 1.165) is 5.56 Å². The molecule has 0 saturated heterocycles. The number of halogens is 1. The van der Waals surface area contributed by atoms with Crippen molar-refractivity contribution in [1.82, 2.24) is 4.98 Å². The number of nitrogens with zero attached hydrogens (tertiary/aromatic N) is 2. The van der Waals surface area contributed by atoms with Crippen LogP contribution in [0.1, 0.15) is 30.5 Å². The first-order valence-electron chi connectivity index (χ1n) is 6.61. The lowest BCUT2D eigenvalue weighted by molar-refractivity contribution is 0.253. The molecule has 0 radical (unpaired) electrons. The fourth-order valence-corrected chi connectivity index (χ4v) is 1.71. The second kappa shape index (κ2) is 8.96. The molecule has 0 spiro atoms. The second-order valence-electron chi connectivity index (χ2n) is 3.86. The second-order valence-corrected chi connectivity index (χ2v) is 4.24. The van der Waals surface area contributed by atoms with E-state index in [-0.39, 0.29) is 13.2 Å². The molecule has 1 aromatic carbocycles. The number of aliphatic hydroxyl groups is 1. The predicted molar refractivity (Wildman–Crippen MR) is 82.0 cm³/mol. The maximum atomic E-state index is 9.18. The fraction of sp³-hybridized carbons (Fsp3) is 0.250. The number of nitriles is 1. The largest absolute Gasteiger partial charge is 0.472 e. The molecule has 1 N–H and O–H groups in total. The van der Waals surface area contributed by atoms with Crippen molar-refractivity contribution in [3.8, 4) is 11.9 Å². The molecule has 0 atom stereocenters. The quantitative estimate of drug-likeness (QED) is 0.875. The van der Waals surface area contributed by atoms with Gasteiger partial charge in [-0.3, -0.25) is 0 Å². The Morgan fingerprint density at radius 2 is 2.05 bits per heavy atom. The summed E-state index contributed by atoms with van der Waals surface area (Å²) < 4.78 is 5.53. The molecular weight excluding hydrogens is 288 g/mol. The van der Waals surface area contributed by atoms with Crippen LogP contribution in [-0.2, 0) is 13.2 Å². The minimum Gasteiger partial charge on any atom is -0.472 e. The molecule has 0 amide bonds. The summed E-state index contributed by atoms with van der Waals surface area (Å²) >= 11 is 5.79. The van der Waals surface area contributed by atoms with E-state index >= 15 is 0 Å². The van der Waals surface area contributed by atoms with Gasteiger partial charge in [0.2, 0.25) is 5.88 Å². The summed E-state index contributed by atoms with van der Waals surface area (Å²) in [6, 6.07) is 12.4. The number of ether oxygens (including phenoxy) is 1. The van der Waals surface area contributed by atoms with E-state index in [1.165, 1.54) is 0 Å². The lowest BCUT2D eigenvalue weighted by atomic mass is 10.1. The number of pyridine rings is 1. The minimum absolute atomic E-state index is 0.169. The van der Waals surface area contributed by atoms with Crippen LogP contribution >= 0.6 is 11.6 Å². The first-order chi connectivity index (χ1) is 10.2. The summed E-state index contributed by atoms with van der Waals surface area (Å²) in [7, 11) is 0. The molecule has 2 rings (SSSR count). The maximum absolute atomic E-state index is 9.18. The molecule has 5 heteroatoms. The third-order valence-corrected chi connectivity index (χ3v) is 2.72. The molecule has 0 aliphatic heterocycles. The number of hydrogen-bond donors (Lipinski definition) is 1. The lowest BCUT2D eigenvalue weighted by Gasteiger charge is -2.09. The zero-order valence-corrected chi connectivity index (χ0v) is 12.8. The SMILES string of the molecule is CC.N#Cc1cccc(COc2nc(Cl)ccc2CO)c1. The van der Waals surface area contributed by atoms with Gasteiger partial charge < -0.3 is 9.84 Å². The van der Waals surface area contributed by atoms with E-state index in [4.69, 9.17) is 21.6 Å². The van der Waals surface area contributed by atoms with E-state index in [1.807, 2.05) is 19.9 Å². The molecule has 2 aromatic rings. The summed E-state index contributed by atoms with van der Waals surface area (Å²) in [5.74, 6) is 0.303. The fourth-order valence-electron chi connectivity index (χ4n) is 1.57. The summed E-state index contributed by atoms with van der Waals surface area (Å²) in [6.45, 7) is 4.09. The Morgan fingerprint density at radius 1 is 1.29 bits per heavy atom. The van der Waals surface area contributed by atoms with Gasteiger partial charge in [-0.25, -0.2) is 4.98 Å². The molecule has 1 aromatic heterocycles. The van der Waals surface area contributed by atoms with E-state index in [9.17, 15) is 5.11 Å². The topological polar surface area (TPSA) is 66.1 Å². The molecule has 1 heterocycles. The standard InChI is InChI=1S/C14H11ClN2O2.C2H6/c15-13-5-4-12(8-18)14(17-13)19-9-11-3-1-2-10(6-11)7-16;1-2/h1-6,18H,8-9H2;1-2H3. The van der Waals surface area contributed by atoms with Crippen LogP contribution in [0.2, 0.25) is 5.15 Å². The van der Waals surface area contributed by atoms with Gasteiger partial charge in [-0.1, -0.05) is 37.6 Å². The van der Waals surface area contributed by atoms with Crippen molar-refractivity contribution < 1.29 is 9.84 Å². The Kier molecular flexibility index (Phi) is 7.24. The van der Waals surface area contributed by atoms with Crippen molar-refractivity contribution in [3.63, 3.8) is 0 Å². The molecule has 0 unspecified atom stereocenters. The maximum Gasteiger partial charge on any atom is 0.220 e. The van der Waals surface area contributed by atoms with E-state index in [2.05, 4.69) is 11.1 Å². The van der Waals surface area contributed by atoms with Gasteiger partial charge in [0.1, 0.15) is 11.8 Å². The van der Waals surface area contributed by atoms with Gasteiger partial charge in [-0.2, -0.15) is 5.26 Å². The number of aromatic nitrogens is 1. The van der Waals surface area contributed by atoms with Crippen LogP contribution in [-0.4, -0.2) is 10.1 Å². The van der Waals surface area contributed by atoms with E-state index in [0.29, 0.717) is 22.2 Å². The average molecular weight is 305 g/mol. The first kappa shape index (κ1) is 17.0. The first-order valence-corrected chi connectivity index (χ1v) is 6.99. The molecule has 0 saturated carbocycles. The number of benzene rings is 1. The zero-order chi connectivity index (χ0) is 15.7. The highest BCUT2D eigenvalue weighted by Gasteiger charge is 2.06. The molecule has 0 aliphatic carbocycles. The van der Waals surface area contributed by atoms with Gasteiger partial charge >= 0.3 is 0 Å². The van der Waals surface area contributed by atoms with Crippen molar-refractivity contribution in [1.29, 1.82) is 5.26 Å². The van der Waals surface area contributed by atoms with Crippen LogP contribution < -0.4 is 4.74 Å². The van der Waals surface area contributed by atoms with Crippen molar-refractivity contribution >= 4 is 11.6 Å². The highest BCUT2D eigenvalue weighted by molar-refractivity contribution is 6.29. The average Bonchev–Trinajstić information content (AvgIpc) is 2.55. The molecule has 21 heavy (non-hydrogen) atoms. The van der Waals surface area contributed by atoms with Gasteiger partial charge in [-0.05, 0) is 29.8 Å². The lowest BCUT2D eigenvalue weighted by Crippen LogP contribution is -2.01. The summed E-state index contributed by atoms with van der Waals surface area (Å²) in [6.07, 6.45) is 0. The van der Waals surface area contributed by atoms with Gasteiger partial charge in [0.05, 0.1) is 18.2 Å². The van der Waals surface area contributed by atoms with Gasteiger partial charge in [-0.15, -0.1) is 0 Å². The monoisotopic (exact) mass is 304 g/mol. The van der Waals surface area contributed by atoms with E-state index < -0.39 is 0 Å². The van der Waals surface area contributed by atoms with Gasteiger partial charge in [0.15, 0.2) is 0 Å². The highest BCUT2D eigenvalue weighted by Crippen LogP contribution is 2.20. The molecule has 0 fully saturated rings. The Labute approximate surface area is 129 Å². The van der Waals surface area contributed by atoms with Gasteiger partial charge in [0.25, 0.3) is 0 Å². The Bertz CT molecular complexity index is 624. The third-order valence-electron chi connectivity index (χ3n) is 2.51. The zero-order valence-electron chi connectivity index (χ0n) is 12.0. The summed E-state index contributed by atoms with van der Waals surface area (Å²) in [5, 5.41) is 18.3. The highest BCUT2D eigenvalue weighted by atomic mass is 35.5. The molecular formula is C16H17ClN2O2. The van der Waals surface area contributed by atoms with Crippen LogP contribution in [0, 0.1) is 11.3 Å². The summed E-state index contributed by atoms with van der Waals surface area (Å²) in [5.41, 5.74) is 1.99. The third kappa shape index (κ3) is 5.07. The van der Waals surface area contributed by atoms with Crippen LogP contribution in [0.25, 0.3) is 0 Å². The van der Waals surface area contributed by atoms with Crippen LogP contribution in [0.3, 0.4) is 0 Å².